The second-order valence-corrected chi connectivity index (χ2v) is 7.90. The van der Waals surface area contributed by atoms with Crippen LogP contribution in [-0.2, 0) is 9.53 Å². The van der Waals surface area contributed by atoms with Crippen molar-refractivity contribution in [1.29, 1.82) is 0 Å². The van der Waals surface area contributed by atoms with Crippen molar-refractivity contribution in [2.45, 2.75) is 116 Å². The number of ether oxygens (including phenoxy) is 1. The molecule has 0 heterocycles. The first-order chi connectivity index (χ1) is 11.8. The molecule has 2 unspecified atom stereocenters. The van der Waals surface area contributed by atoms with Crippen LogP contribution in [0, 0.1) is 11.8 Å². The predicted octanol–water partition coefficient (Wildman–Crippen LogP) is 7.06. The van der Waals surface area contributed by atoms with E-state index >= 15 is 0 Å². The molecule has 1 rings (SSSR count). The van der Waals surface area contributed by atoms with Gasteiger partial charge in [0.05, 0.1) is 7.11 Å². The summed E-state index contributed by atoms with van der Waals surface area (Å²) in [6.07, 6.45) is 22.8. The largest absolute Gasteiger partial charge is 0.469 e. The SMILES string of the molecule is CCCCCCCCC1CC1CCCCCCCCCC(=O)OC. The van der Waals surface area contributed by atoms with Gasteiger partial charge in [-0.05, 0) is 24.7 Å². The van der Waals surface area contributed by atoms with Gasteiger partial charge < -0.3 is 4.74 Å². The molecule has 0 bridgehead atoms. The summed E-state index contributed by atoms with van der Waals surface area (Å²) in [5.74, 6) is 2.12. The summed E-state index contributed by atoms with van der Waals surface area (Å²) in [5, 5.41) is 0. The summed E-state index contributed by atoms with van der Waals surface area (Å²) < 4.78 is 4.65. The molecule has 1 saturated carbocycles. The van der Waals surface area contributed by atoms with Crippen LogP contribution in [0.1, 0.15) is 116 Å². The number of hydrogen-bond donors (Lipinski definition) is 0. The standard InChI is InChI=1S/C22H42O2/c1-3-4-5-6-10-13-16-20-19-21(20)17-14-11-8-7-9-12-15-18-22(23)24-2/h20-21H,3-19H2,1-2H3. The summed E-state index contributed by atoms with van der Waals surface area (Å²) >= 11 is 0. The van der Waals surface area contributed by atoms with E-state index in [1.807, 2.05) is 0 Å². The van der Waals surface area contributed by atoms with Crippen LogP contribution < -0.4 is 0 Å². The number of carbonyl (C=O) groups excluding carboxylic acids is 1. The van der Waals surface area contributed by atoms with E-state index in [1.54, 1.807) is 0 Å². The Morgan fingerprint density at radius 1 is 0.750 bits per heavy atom. The molecule has 0 aromatic carbocycles. The van der Waals surface area contributed by atoms with E-state index in [4.69, 9.17) is 0 Å². The fraction of sp³-hybridized carbons (Fsp3) is 0.955. The van der Waals surface area contributed by atoms with E-state index in [0.717, 1.165) is 18.3 Å². The van der Waals surface area contributed by atoms with Crippen LogP contribution in [0.15, 0.2) is 0 Å². The second kappa shape index (κ2) is 14.8. The monoisotopic (exact) mass is 338 g/mol. The first kappa shape index (κ1) is 21.5. The van der Waals surface area contributed by atoms with Crippen molar-refractivity contribution < 1.29 is 9.53 Å². The Kier molecular flexibility index (Phi) is 13.3. The number of hydrogen-bond acceptors (Lipinski definition) is 2. The highest BCUT2D eigenvalue weighted by Crippen LogP contribution is 2.45. The molecule has 142 valence electrons. The van der Waals surface area contributed by atoms with E-state index in [-0.39, 0.29) is 5.97 Å². The third kappa shape index (κ3) is 11.9. The Balaban J connectivity index is 1.74. The summed E-state index contributed by atoms with van der Waals surface area (Å²) in [7, 11) is 1.47. The minimum absolute atomic E-state index is 0.0602. The van der Waals surface area contributed by atoms with E-state index in [9.17, 15) is 4.79 Å². The average molecular weight is 339 g/mol. The molecule has 0 aromatic rings. The van der Waals surface area contributed by atoms with Crippen molar-refractivity contribution in [3.63, 3.8) is 0 Å². The minimum atomic E-state index is -0.0602. The molecular formula is C22H42O2. The molecular weight excluding hydrogens is 296 g/mol. The Morgan fingerprint density at radius 3 is 1.71 bits per heavy atom. The average Bonchev–Trinajstić information content (AvgIpc) is 3.34. The zero-order chi connectivity index (χ0) is 17.5. The highest BCUT2D eigenvalue weighted by Gasteiger charge is 2.34. The third-order valence-electron chi connectivity index (χ3n) is 5.68. The summed E-state index contributed by atoms with van der Waals surface area (Å²) in [4.78, 5) is 11.0. The number of esters is 1. The summed E-state index contributed by atoms with van der Waals surface area (Å²) in [5.41, 5.74) is 0. The van der Waals surface area contributed by atoms with Crippen LogP contribution in [0.5, 0.6) is 0 Å². The van der Waals surface area contributed by atoms with Gasteiger partial charge >= 0.3 is 5.97 Å². The van der Waals surface area contributed by atoms with Crippen molar-refractivity contribution in [3.05, 3.63) is 0 Å². The number of methoxy groups -OCH3 is 1. The number of unbranched alkanes of at least 4 members (excludes halogenated alkanes) is 11. The lowest BCUT2D eigenvalue weighted by Crippen LogP contribution is -1.99. The molecule has 0 N–H and O–H groups in total. The Labute approximate surface area is 151 Å². The van der Waals surface area contributed by atoms with Crippen LogP contribution >= 0.6 is 0 Å². The van der Waals surface area contributed by atoms with Gasteiger partial charge in [0, 0.05) is 6.42 Å². The molecule has 0 spiro atoms. The van der Waals surface area contributed by atoms with E-state index < -0.39 is 0 Å². The molecule has 2 nitrogen and oxygen atoms in total. The van der Waals surface area contributed by atoms with Crippen LogP contribution in [0.2, 0.25) is 0 Å². The molecule has 0 aromatic heterocycles. The van der Waals surface area contributed by atoms with Crippen molar-refractivity contribution in [2.75, 3.05) is 7.11 Å². The topological polar surface area (TPSA) is 26.3 Å². The van der Waals surface area contributed by atoms with Crippen LogP contribution in [0.3, 0.4) is 0 Å². The van der Waals surface area contributed by atoms with Gasteiger partial charge in [-0.25, -0.2) is 0 Å². The van der Waals surface area contributed by atoms with Gasteiger partial charge in [0.1, 0.15) is 0 Å². The number of carbonyl (C=O) groups is 1. The van der Waals surface area contributed by atoms with Crippen molar-refractivity contribution in [2.24, 2.45) is 11.8 Å². The second-order valence-electron chi connectivity index (χ2n) is 7.90. The van der Waals surface area contributed by atoms with Crippen molar-refractivity contribution in [3.8, 4) is 0 Å². The van der Waals surface area contributed by atoms with Gasteiger partial charge in [-0.15, -0.1) is 0 Å². The lowest BCUT2D eigenvalue weighted by Gasteiger charge is -2.03. The molecule has 0 radical (unpaired) electrons. The quantitative estimate of drug-likeness (QED) is 0.210. The molecule has 2 atom stereocenters. The van der Waals surface area contributed by atoms with E-state index in [0.29, 0.717) is 6.42 Å². The molecule has 1 fully saturated rings. The van der Waals surface area contributed by atoms with Gasteiger partial charge in [-0.3, -0.25) is 4.79 Å². The Bertz CT molecular complexity index is 300. The summed E-state index contributed by atoms with van der Waals surface area (Å²) in [6, 6.07) is 0. The highest BCUT2D eigenvalue weighted by molar-refractivity contribution is 5.68. The molecule has 0 amide bonds. The molecule has 1 aliphatic rings. The third-order valence-corrected chi connectivity index (χ3v) is 5.68. The maximum atomic E-state index is 11.0. The normalized spacial score (nSPS) is 19.4. The van der Waals surface area contributed by atoms with Gasteiger partial charge in [0.2, 0.25) is 0 Å². The smallest absolute Gasteiger partial charge is 0.305 e. The lowest BCUT2D eigenvalue weighted by molar-refractivity contribution is -0.140. The lowest BCUT2D eigenvalue weighted by atomic mass is 10.0. The maximum Gasteiger partial charge on any atom is 0.305 e. The summed E-state index contributed by atoms with van der Waals surface area (Å²) in [6.45, 7) is 2.29. The van der Waals surface area contributed by atoms with Gasteiger partial charge in [-0.1, -0.05) is 96.8 Å². The molecule has 0 aliphatic heterocycles. The zero-order valence-electron chi connectivity index (χ0n) is 16.5. The predicted molar refractivity (Wildman–Crippen MR) is 103 cm³/mol. The van der Waals surface area contributed by atoms with Crippen LogP contribution in [0.25, 0.3) is 0 Å². The van der Waals surface area contributed by atoms with E-state index in [2.05, 4.69) is 11.7 Å². The van der Waals surface area contributed by atoms with Crippen LogP contribution in [-0.4, -0.2) is 13.1 Å². The molecule has 24 heavy (non-hydrogen) atoms. The minimum Gasteiger partial charge on any atom is -0.469 e. The molecule has 1 aliphatic carbocycles. The van der Waals surface area contributed by atoms with E-state index in [1.165, 1.54) is 103 Å². The van der Waals surface area contributed by atoms with Crippen molar-refractivity contribution >= 4 is 5.97 Å². The fourth-order valence-electron chi connectivity index (χ4n) is 3.87. The highest BCUT2D eigenvalue weighted by atomic mass is 16.5. The Morgan fingerprint density at radius 2 is 1.21 bits per heavy atom. The fourth-order valence-corrected chi connectivity index (χ4v) is 3.87. The van der Waals surface area contributed by atoms with Crippen LogP contribution in [0.4, 0.5) is 0 Å². The van der Waals surface area contributed by atoms with Gasteiger partial charge in [-0.2, -0.15) is 0 Å². The Hall–Kier alpha value is -0.530. The zero-order valence-corrected chi connectivity index (χ0v) is 16.5. The van der Waals surface area contributed by atoms with Gasteiger partial charge in [0.15, 0.2) is 0 Å². The first-order valence-corrected chi connectivity index (χ1v) is 10.8. The maximum absolute atomic E-state index is 11.0. The van der Waals surface area contributed by atoms with Crippen molar-refractivity contribution in [1.82, 2.24) is 0 Å². The molecule has 0 saturated heterocycles. The molecule has 2 heteroatoms. The number of rotatable bonds is 17. The van der Waals surface area contributed by atoms with Gasteiger partial charge in [0.25, 0.3) is 0 Å². The first-order valence-electron chi connectivity index (χ1n) is 10.8.